The second-order valence-electron chi connectivity index (χ2n) is 13.0. The van der Waals surface area contributed by atoms with Crippen LogP contribution in [0.1, 0.15) is 69.3 Å². The first-order valence-electron chi connectivity index (χ1n) is 15.5. The fraction of sp³-hybridized carbons (Fsp3) is 0.342. The predicted octanol–water partition coefficient (Wildman–Crippen LogP) is 9.30. The molecule has 3 heteroatoms. The fourth-order valence-corrected chi connectivity index (χ4v) is 8.90. The molecule has 41 heavy (non-hydrogen) atoms. The van der Waals surface area contributed by atoms with E-state index >= 15 is 0 Å². The molecule has 1 heterocycles. The highest BCUT2D eigenvalue weighted by Gasteiger charge is 2.58. The first-order chi connectivity index (χ1) is 20.1. The molecule has 4 aliphatic carbocycles. The van der Waals surface area contributed by atoms with Gasteiger partial charge < -0.3 is 0 Å². The van der Waals surface area contributed by atoms with Crippen molar-refractivity contribution in [1.29, 1.82) is 0 Å². The first-order valence-corrected chi connectivity index (χ1v) is 15.5. The molecule has 3 nitrogen and oxygen atoms in total. The molecule has 0 unspecified atom stereocenters. The van der Waals surface area contributed by atoms with Gasteiger partial charge >= 0.3 is 0 Å². The van der Waals surface area contributed by atoms with Crippen LogP contribution in [0.3, 0.4) is 0 Å². The number of benzene rings is 3. The van der Waals surface area contributed by atoms with Crippen LogP contribution in [0.15, 0.2) is 91.0 Å². The Bertz CT molecular complexity index is 1670. The van der Waals surface area contributed by atoms with E-state index in [0.29, 0.717) is 11.8 Å². The largest absolute Gasteiger partial charge is 0.208 e. The summed E-state index contributed by atoms with van der Waals surface area (Å²) in [6.07, 6.45) is 14.0. The molecule has 0 aliphatic heterocycles. The Hall–Kier alpha value is -3.85. The van der Waals surface area contributed by atoms with Crippen molar-refractivity contribution >= 4 is 5.57 Å². The summed E-state index contributed by atoms with van der Waals surface area (Å²) in [5, 5.41) is 0. The lowest BCUT2D eigenvalue weighted by Gasteiger charge is -2.56. The quantitative estimate of drug-likeness (QED) is 0.262. The minimum Gasteiger partial charge on any atom is -0.208 e. The molecular formula is C38H37N3. The number of fused-ring (bicyclic) bond motifs is 3. The molecule has 0 atom stereocenters. The Kier molecular flexibility index (Phi) is 5.84. The van der Waals surface area contributed by atoms with Gasteiger partial charge in [-0.25, -0.2) is 15.0 Å². The van der Waals surface area contributed by atoms with Crippen molar-refractivity contribution in [2.75, 3.05) is 0 Å². The van der Waals surface area contributed by atoms with E-state index in [0.717, 1.165) is 58.9 Å². The van der Waals surface area contributed by atoms with Crippen LogP contribution in [-0.2, 0) is 5.41 Å². The van der Waals surface area contributed by atoms with Crippen LogP contribution in [0.5, 0.6) is 0 Å². The zero-order valence-electron chi connectivity index (χ0n) is 24.1. The van der Waals surface area contributed by atoms with E-state index in [1.165, 1.54) is 36.8 Å². The summed E-state index contributed by atoms with van der Waals surface area (Å²) in [6, 6.07) is 26.7. The smallest absolute Gasteiger partial charge is 0.164 e. The zero-order chi connectivity index (χ0) is 27.6. The van der Waals surface area contributed by atoms with E-state index in [9.17, 15) is 0 Å². The number of rotatable bonds is 3. The Labute approximate surface area is 243 Å². The van der Waals surface area contributed by atoms with Crippen molar-refractivity contribution in [1.82, 2.24) is 15.0 Å². The van der Waals surface area contributed by atoms with Gasteiger partial charge in [0.15, 0.2) is 17.5 Å². The van der Waals surface area contributed by atoms with Crippen molar-refractivity contribution in [3.63, 3.8) is 0 Å². The van der Waals surface area contributed by atoms with Gasteiger partial charge in [0.2, 0.25) is 0 Å². The van der Waals surface area contributed by atoms with Gasteiger partial charge in [0.1, 0.15) is 0 Å². The molecule has 0 amide bonds. The molecule has 2 saturated carbocycles. The van der Waals surface area contributed by atoms with E-state index in [1.807, 2.05) is 18.2 Å². The van der Waals surface area contributed by atoms with Crippen LogP contribution in [-0.4, -0.2) is 15.0 Å². The van der Waals surface area contributed by atoms with Crippen LogP contribution < -0.4 is 0 Å². The van der Waals surface area contributed by atoms with E-state index in [1.54, 1.807) is 11.1 Å². The third-order valence-corrected chi connectivity index (χ3v) is 10.3. The van der Waals surface area contributed by atoms with Gasteiger partial charge in [0.25, 0.3) is 0 Å². The van der Waals surface area contributed by atoms with Crippen LogP contribution in [0.25, 0.3) is 39.5 Å². The van der Waals surface area contributed by atoms with Gasteiger partial charge in [-0.2, -0.15) is 0 Å². The lowest BCUT2D eigenvalue weighted by atomic mass is 9.48. The first kappa shape index (κ1) is 24.9. The molecule has 2 bridgehead atoms. The molecule has 0 radical (unpaired) electrons. The van der Waals surface area contributed by atoms with Gasteiger partial charge in [0, 0.05) is 22.1 Å². The van der Waals surface area contributed by atoms with Gasteiger partial charge in [-0.3, -0.25) is 0 Å². The van der Waals surface area contributed by atoms with Crippen molar-refractivity contribution in [3.8, 4) is 33.9 Å². The number of nitrogens with zero attached hydrogens (tertiary/aromatic N) is 3. The maximum absolute atomic E-state index is 5.07. The number of aromatic nitrogens is 3. The molecule has 1 spiro atoms. The third kappa shape index (κ3) is 3.89. The molecule has 0 N–H and O–H groups in total. The van der Waals surface area contributed by atoms with Gasteiger partial charge in [-0.05, 0) is 90.5 Å². The van der Waals surface area contributed by atoms with Crippen molar-refractivity contribution in [2.24, 2.45) is 23.7 Å². The minimum atomic E-state index is 0.140. The summed E-state index contributed by atoms with van der Waals surface area (Å²) in [5.41, 5.74) is 9.23. The predicted molar refractivity (Wildman–Crippen MR) is 167 cm³/mol. The van der Waals surface area contributed by atoms with Crippen LogP contribution in [0, 0.1) is 23.7 Å². The molecular weight excluding hydrogens is 498 g/mol. The highest BCUT2D eigenvalue weighted by molar-refractivity contribution is 5.85. The zero-order valence-corrected chi connectivity index (χ0v) is 24.1. The molecule has 1 aromatic heterocycles. The van der Waals surface area contributed by atoms with Crippen LogP contribution >= 0.6 is 0 Å². The maximum Gasteiger partial charge on any atom is 0.164 e. The molecule has 4 aromatic rings. The number of hydrogen-bond acceptors (Lipinski definition) is 3. The monoisotopic (exact) mass is 535 g/mol. The van der Waals surface area contributed by atoms with E-state index in [-0.39, 0.29) is 5.41 Å². The second-order valence-corrected chi connectivity index (χ2v) is 13.0. The number of hydrogen-bond donors (Lipinski definition) is 0. The molecule has 0 saturated heterocycles. The van der Waals surface area contributed by atoms with Gasteiger partial charge in [-0.1, -0.05) is 98.8 Å². The van der Waals surface area contributed by atoms with Gasteiger partial charge in [0.05, 0.1) is 0 Å². The standard InChI is InChI=1S/C38H37N3/c1-24-19-29-21-25(2)22-30(20-24)38(29)33-16-10-9-15-31(33)32-23-28(17-18-34(32)38)37-40-35(26-11-5-3-6-12-26)39-36(41-37)27-13-7-4-8-14-27/h3,5-7,9-18,23-25,29-30H,4,8,19-22H2,1-2H3. The summed E-state index contributed by atoms with van der Waals surface area (Å²) in [6.45, 7) is 4.96. The third-order valence-electron chi connectivity index (χ3n) is 10.3. The van der Waals surface area contributed by atoms with E-state index in [4.69, 9.17) is 15.0 Å². The fourth-order valence-electron chi connectivity index (χ4n) is 8.90. The molecule has 4 aliphatic rings. The summed E-state index contributed by atoms with van der Waals surface area (Å²) in [4.78, 5) is 15.1. The Morgan fingerprint density at radius 1 is 0.610 bits per heavy atom. The minimum absolute atomic E-state index is 0.140. The van der Waals surface area contributed by atoms with E-state index < -0.39 is 0 Å². The maximum atomic E-state index is 5.07. The van der Waals surface area contributed by atoms with Gasteiger partial charge in [-0.15, -0.1) is 0 Å². The topological polar surface area (TPSA) is 38.7 Å². The Balaban J connectivity index is 1.31. The second kappa shape index (κ2) is 9.62. The van der Waals surface area contributed by atoms with Crippen LogP contribution in [0.2, 0.25) is 0 Å². The van der Waals surface area contributed by atoms with Crippen molar-refractivity contribution in [3.05, 3.63) is 108 Å². The molecule has 204 valence electrons. The highest BCUT2D eigenvalue weighted by Crippen LogP contribution is 2.66. The average molecular weight is 536 g/mol. The summed E-state index contributed by atoms with van der Waals surface area (Å²) < 4.78 is 0. The molecule has 8 rings (SSSR count). The average Bonchev–Trinajstić information content (AvgIpc) is 3.29. The summed E-state index contributed by atoms with van der Waals surface area (Å²) in [5.74, 6) is 5.25. The normalized spacial score (nSPS) is 27.8. The van der Waals surface area contributed by atoms with Crippen LogP contribution in [0.4, 0.5) is 0 Å². The lowest BCUT2D eigenvalue weighted by molar-refractivity contribution is 0.0299. The SMILES string of the molecule is CC1CC2CC(C)CC(C1)C21c2ccccc2-c2cc(-c3nc(C4=CCCC=C4)nc(-c4ccccc4)n3)ccc21. The summed E-state index contributed by atoms with van der Waals surface area (Å²) >= 11 is 0. The summed E-state index contributed by atoms with van der Waals surface area (Å²) in [7, 11) is 0. The van der Waals surface area contributed by atoms with Crippen molar-refractivity contribution in [2.45, 2.75) is 57.8 Å². The van der Waals surface area contributed by atoms with E-state index in [2.05, 4.69) is 86.7 Å². The molecule has 2 fully saturated rings. The highest BCUT2D eigenvalue weighted by atomic mass is 15.0. The lowest BCUT2D eigenvalue weighted by Crippen LogP contribution is -2.51. The Morgan fingerprint density at radius 2 is 1.24 bits per heavy atom. The van der Waals surface area contributed by atoms with Crippen molar-refractivity contribution < 1.29 is 0 Å². The molecule has 3 aromatic carbocycles. The number of allylic oxidation sites excluding steroid dienone is 4. The Morgan fingerprint density at radius 3 is 1.95 bits per heavy atom.